The van der Waals surface area contributed by atoms with E-state index in [1.54, 1.807) is 6.92 Å². The van der Waals surface area contributed by atoms with Crippen LogP contribution in [0.3, 0.4) is 0 Å². The molecule has 39 heavy (non-hydrogen) atoms. The molecule has 0 fully saturated rings. The second-order valence-corrected chi connectivity index (χ2v) is 8.96. The number of rotatable bonds is 13. The van der Waals surface area contributed by atoms with Crippen molar-refractivity contribution in [3.63, 3.8) is 0 Å². The molecule has 6 nitrogen and oxygen atoms in total. The van der Waals surface area contributed by atoms with Crippen molar-refractivity contribution in [1.29, 1.82) is 0 Å². The number of esters is 2. The van der Waals surface area contributed by atoms with Crippen molar-refractivity contribution < 1.29 is 28.5 Å². The average molecular weight is 525 g/mol. The molecule has 0 saturated carbocycles. The molecule has 200 valence electrons. The fourth-order valence-electron chi connectivity index (χ4n) is 3.83. The first-order chi connectivity index (χ1) is 19.1. The minimum atomic E-state index is -1.08. The molecule has 0 N–H and O–H groups in total. The summed E-state index contributed by atoms with van der Waals surface area (Å²) in [6.45, 7) is 2.50. The predicted molar refractivity (Wildman–Crippen MR) is 148 cm³/mol. The van der Waals surface area contributed by atoms with E-state index in [0.717, 1.165) is 22.3 Å². The molecule has 0 heterocycles. The van der Waals surface area contributed by atoms with Crippen LogP contribution in [0, 0.1) is 0 Å². The second-order valence-electron chi connectivity index (χ2n) is 8.96. The van der Waals surface area contributed by atoms with E-state index in [4.69, 9.17) is 18.9 Å². The van der Waals surface area contributed by atoms with Crippen LogP contribution in [0.2, 0.25) is 0 Å². The molecule has 0 spiro atoms. The molecular formula is C33H32O6. The van der Waals surface area contributed by atoms with Gasteiger partial charge in [0.1, 0.15) is 19.8 Å². The smallest absolute Gasteiger partial charge is 0.348 e. The van der Waals surface area contributed by atoms with Crippen LogP contribution in [-0.4, -0.2) is 18.0 Å². The number of hydrogen-bond donors (Lipinski definition) is 0. The Kier molecular flexibility index (Phi) is 10.1. The standard InChI is InChI=1S/C33H32O6/c1-2-32(34)39-31(33(35)38-24-27-16-10-5-11-17-27)21-28-18-19-29(36-22-25-12-6-3-7-13-25)30(20-28)37-23-26-14-8-4-9-15-26/h3-20,31H,2,21-24H2,1H3. The quantitative estimate of drug-likeness (QED) is 0.187. The number of ether oxygens (including phenoxy) is 4. The summed E-state index contributed by atoms with van der Waals surface area (Å²) in [5, 5.41) is 0. The summed E-state index contributed by atoms with van der Waals surface area (Å²) in [6, 6.07) is 34.5. The van der Waals surface area contributed by atoms with E-state index in [1.165, 1.54) is 0 Å². The van der Waals surface area contributed by atoms with Gasteiger partial charge in [-0.15, -0.1) is 0 Å². The Bertz CT molecular complexity index is 1320. The molecular weight excluding hydrogens is 492 g/mol. The summed E-state index contributed by atoms with van der Waals surface area (Å²) in [6.07, 6.45) is -0.792. The second kappa shape index (κ2) is 14.4. The molecule has 0 amide bonds. The molecule has 0 aliphatic rings. The highest BCUT2D eigenvalue weighted by Crippen LogP contribution is 2.31. The van der Waals surface area contributed by atoms with Crippen LogP contribution < -0.4 is 9.47 Å². The molecule has 0 aliphatic carbocycles. The highest BCUT2D eigenvalue weighted by Gasteiger charge is 2.25. The monoisotopic (exact) mass is 524 g/mol. The fraction of sp³-hybridized carbons (Fsp3) is 0.212. The fourth-order valence-corrected chi connectivity index (χ4v) is 3.83. The van der Waals surface area contributed by atoms with E-state index in [1.807, 2.05) is 109 Å². The summed E-state index contributed by atoms with van der Waals surface area (Å²) in [7, 11) is 0. The zero-order valence-corrected chi connectivity index (χ0v) is 22.0. The van der Waals surface area contributed by atoms with Gasteiger partial charge >= 0.3 is 11.9 Å². The van der Waals surface area contributed by atoms with Crippen molar-refractivity contribution >= 4 is 11.9 Å². The van der Waals surface area contributed by atoms with Crippen LogP contribution in [0.1, 0.15) is 35.6 Å². The molecule has 4 aromatic carbocycles. The van der Waals surface area contributed by atoms with Crippen molar-refractivity contribution in [3.8, 4) is 11.5 Å². The molecule has 0 bridgehead atoms. The zero-order chi connectivity index (χ0) is 27.3. The van der Waals surface area contributed by atoms with E-state index >= 15 is 0 Å². The van der Waals surface area contributed by atoms with E-state index in [9.17, 15) is 9.59 Å². The lowest BCUT2D eigenvalue weighted by molar-refractivity contribution is -0.168. The third kappa shape index (κ3) is 8.75. The van der Waals surface area contributed by atoms with Gasteiger partial charge in [0.15, 0.2) is 11.5 Å². The predicted octanol–water partition coefficient (Wildman–Crippen LogP) is 6.45. The lowest BCUT2D eigenvalue weighted by Gasteiger charge is -2.18. The number of carbonyl (C=O) groups is 2. The zero-order valence-electron chi connectivity index (χ0n) is 22.0. The van der Waals surface area contributed by atoms with E-state index in [2.05, 4.69) is 0 Å². The summed E-state index contributed by atoms with van der Waals surface area (Å²) in [5.74, 6) is 0.0367. The largest absolute Gasteiger partial charge is 0.485 e. The molecule has 1 unspecified atom stereocenters. The minimum Gasteiger partial charge on any atom is -0.485 e. The van der Waals surface area contributed by atoms with Gasteiger partial charge < -0.3 is 18.9 Å². The van der Waals surface area contributed by atoms with Gasteiger partial charge in [-0.1, -0.05) is 104 Å². The Morgan fingerprint density at radius 3 is 1.67 bits per heavy atom. The molecule has 6 heteroatoms. The third-order valence-electron chi connectivity index (χ3n) is 5.95. The van der Waals surface area contributed by atoms with Gasteiger partial charge in [-0.3, -0.25) is 4.79 Å². The van der Waals surface area contributed by atoms with Gasteiger partial charge in [0, 0.05) is 12.8 Å². The molecule has 1 atom stereocenters. The summed E-state index contributed by atoms with van der Waals surface area (Å²) >= 11 is 0. The molecule has 4 rings (SSSR count). The minimum absolute atomic E-state index is 0.0948. The van der Waals surface area contributed by atoms with Crippen molar-refractivity contribution in [2.45, 2.75) is 45.7 Å². The normalized spacial score (nSPS) is 11.3. The van der Waals surface area contributed by atoms with Crippen molar-refractivity contribution in [3.05, 3.63) is 131 Å². The van der Waals surface area contributed by atoms with E-state index in [0.29, 0.717) is 24.7 Å². The SMILES string of the molecule is CCC(=O)OC(Cc1ccc(OCc2ccccc2)c(OCc2ccccc2)c1)C(=O)OCc1ccccc1. The van der Waals surface area contributed by atoms with Crippen LogP contribution in [0.25, 0.3) is 0 Å². The van der Waals surface area contributed by atoms with Gasteiger partial charge in [-0.25, -0.2) is 4.79 Å². The lowest BCUT2D eigenvalue weighted by atomic mass is 10.1. The molecule has 0 radical (unpaired) electrons. The van der Waals surface area contributed by atoms with Crippen molar-refractivity contribution in [2.24, 2.45) is 0 Å². The maximum atomic E-state index is 12.9. The Labute approximate surface area is 229 Å². The maximum absolute atomic E-state index is 12.9. The van der Waals surface area contributed by atoms with Crippen LogP contribution in [-0.2, 0) is 45.3 Å². The highest BCUT2D eigenvalue weighted by atomic mass is 16.6. The highest BCUT2D eigenvalue weighted by molar-refractivity contribution is 5.79. The Morgan fingerprint density at radius 2 is 1.13 bits per heavy atom. The molecule has 0 aliphatic heterocycles. The first kappa shape index (κ1) is 27.5. The van der Waals surface area contributed by atoms with Gasteiger partial charge in [0.25, 0.3) is 0 Å². The molecule has 0 saturated heterocycles. The van der Waals surface area contributed by atoms with Crippen LogP contribution >= 0.6 is 0 Å². The first-order valence-electron chi connectivity index (χ1n) is 13.0. The Balaban J connectivity index is 1.51. The van der Waals surface area contributed by atoms with Crippen LogP contribution in [0.15, 0.2) is 109 Å². The maximum Gasteiger partial charge on any atom is 0.348 e. The Hall–Kier alpha value is -4.58. The van der Waals surface area contributed by atoms with Gasteiger partial charge in [0.05, 0.1) is 0 Å². The van der Waals surface area contributed by atoms with Crippen molar-refractivity contribution in [2.75, 3.05) is 0 Å². The lowest BCUT2D eigenvalue weighted by Crippen LogP contribution is -2.31. The molecule has 0 aromatic heterocycles. The number of carbonyl (C=O) groups excluding carboxylic acids is 2. The summed E-state index contributed by atoms with van der Waals surface area (Å²) < 4.78 is 23.2. The molecule has 4 aromatic rings. The van der Waals surface area contributed by atoms with Gasteiger partial charge in [-0.2, -0.15) is 0 Å². The van der Waals surface area contributed by atoms with E-state index in [-0.39, 0.29) is 19.4 Å². The van der Waals surface area contributed by atoms with Crippen LogP contribution in [0.5, 0.6) is 11.5 Å². The third-order valence-corrected chi connectivity index (χ3v) is 5.95. The van der Waals surface area contributed by atoms with Gasteiger partial charge in [-0.05, 0) is 34.4 Å². The van der Waals surface area contributed by atoms with E-state index < -0.39 is 18.0 Å². The van der Waals surface area contributed by atoms with Gasteiger partial charge in [0.2, 0.25) is 6.10 Å². The number of benzene rings is 4. The topological polar surface area (TPSA) is 71.1 Å². The first-order valence-corrected chi connectivity index (χ1v) is 13.0. The average Bonchev–Trinajstić information content (AvgIpc) is 2.99. The summed E-state index contributed by atoms with van der Waals surface area (Å²) in [4.78, 5) is 25.1. The number of hydrogen-bond acceptors (Lipinski definition) is 6. The summed E-state index contributed by atoms with van der Waals surface area (Å²) in [5.41, 5.74) is 3.64. The van der Waals surface area contributed by atoms with Crippen molar-refractivity contribution in [1.82, 2.24) is 0 Å². The van der Waals surface area contributed by atoms with Crippen LogP contribution in [0.4, 0.5) is 0 Å². The Morgan fingerprint density at radius 1 is 0.615 bits per heavy atom.